The largest absolute Gasteiger partial charge is 0.497 e. The summed E-state index contributed by atoms with van der Waals surface area (Å²) in [7, 11) is 3.24. The average Bonchev–Trinajstić information content (AvgIpc) is 3.12. The molecule has 1 saturated carbocycles. The van der Waals surface area contributed by atoms with Crippen LogP contribution in [0.15, 0.2) is 30.3 Å². The predicted octanol–water partition coefficient (Wildman–Crippen LogP) is 3.24. The van der Waals surface area contributed by atoms with E-state index in [2.05, 4.69) is 15.1 Å². The van der Waals surface area contributed by atoms with E-state index in [4.69, 9.17) is 9.47 Å². The number of anilines is 1. The van der Waals surface area contributed by atoms with Crippen molar-refractivity contribution in [3.8, 4) is 22.8 Å². The van der Waals surface area contributed by atoms with Gasteiger partial charge < -0.3 is 24.2 Å². The Bertz CT molecular complexity index is 1050. The van der Waals surface area contributed by atoms with Crippen molar-refractivity contribution < 1.29 is 19.1 Å². The van der Waals surface area contributed by atoms with Gasteiger partial charge in [-0.15, -0.1) is 10.2 Å². The number of ether oxygens (including phenoxy) is 2. The molecule has 9 heteroatoms. The predicted molar refractivity (Wildman–Crippen MR) is 138 cm³/mol. The molecule has 2 aliphatic rings. The van der Waals surface area contributed by atoms with Crippen LogP contribution in [0, 0.1) is 5.92 Å². The number of nitrogens with zero attached hydrogens (tertiary/aromatic N) is 5. The first-order valence-corrected chi connectivity index (χ1v) is 12.8. The number of methoxy groups -OCH3 is 2. The maximum absolute atomic E-state index is 13.1. The minimum absolute atomic E-state index is 0.0173. The first kappa shape index (κ1) is 25.7. The molecule has 4 rings (SSSR count). The molecule has 2 amide bonds. The highest BCUT2D eigenvalue weighted by molar-refractivity contribution is 5.86. The molecule has 1 saturated heterocycles. The molecule has 1 aliphatic heterocycles. The zero-order valence-corrected chi connectivity index (χ0v) is 21.8. The van der Waals surface area contributed by atoms with Gasteiger partial charge in [-0.25, -0.2) is 0 Å². The van der Waals surface area contributed by atoms with Crippen LogP contribution in [0.4, 0.5) is 5.82 Å². The fraction of sp³-hybridized carbons (Fsp3) is 0.556. The van der Waals surface area contributed by atoms with Gasteiger partial charge >= 0.3 is 0 Å². The molecule has 2 aromatic rings. The first-order chi connectivity index (χ1) is 17.4. The summed E-state index contributed by atoms with van der Waals surface area (Å²) in [6, 6.07) is 9.52. The summed E-state index contributed by atoms with van der Waals surface area (Å²) in [4.78, 5) is 31.7. The highest BCUT2D eigenvalue weighted by Crippen LogP contribution is 2.32. The van der Waals surface area contributed by atoms with Gasteiger partial charge in [-0.1, -0.05) is 6.42 Å². The molecule has 1 aromatic heterocycles. The van der Waals surface area contributed by atoms with Crippen molar-refractivity contribution in [2.75, 3.05) is 51.8 Å². The van der Waals surface area contributed by atoms with Gasteiger partial charge in [0, 0.05) is 49.8 Å². The second-order valence-corrected chi connectivity index (χ2v) is 9.75. The third-order valence-corrected chi connectivity index (χ3v) is 7.17. The van der Waals surface area contributed by atoms with Gasteiger partial charge in [0.25, 0.3) is 0 Å². The van der Waals surface area contributed by atoms with Gasteiger partial charge in [-0.05, 0) is 57.4 Å². The van der Waals surface area contributed by atoms with E-state index in [1.807, 2.05) is 49.1 Å². The number of carbonyl (C=O) groups is 2. The number of hydrogen-bond acceptors (Lipinski definition) is 7. The topological polar surface area (TPSA) is 88.1 Å². The summed E-state index contributed by atoms with van der Waals surface area (Å²) < 4.78 is 10.8. The molecule has 9 nitrogen and oxygen atoms in total. The van der Waals surface area contributed by atoms with Crippen molar-refractivity contribution in [3.63, 3.8) is 0 Å². The maximum atomic E-state index is 13.1. The lowest BCUT2D eigenvalue weighted by Gasteiger charge is -2.35. The number of amides is 2. The Hall–Kier alpha value is -3.36. The van der Waals surface area contributed by atoms with E-state index in [9.17, 15) is 9.59 Å². The summed E-state index contributed by atoms with van der Waals surface area (Å²) >= 11 is 0. The van der Waals surface area contributed by atoms with E-state index >= 15 is 0 Å². The molecule has 1 aromatic carbocycles. The van der Waals surface area contributed by atoms with Crippen LogP contribution in [0.1, 0.15) is 39.5 Å². The summed E-state index contributed by atoms with van der Waals surface area (Å²) in [5, 5.41) is 8.92. The van der Waals surface area contributed by atoms with Crippen molar-refractivity contribution in [1.29, 1.82) is 0 Å². The minimum atomic E-state index is 0.0173. The number of rotatable bonds is 8. The van der Waals surface area contributed by atoms with Crippen LogP contribution in [-0.2, 0) is 9.59 Å². The third-order valence-electron chi connectivity index (χ3n) is 7.17. The van der Waals surface area contributed by atoms with Gasteiger partial charge in [0.1, 0.15) is 11.5 Å². The fourth-order valence-corrected chi connectivity index (χ4v) is 4.69. The molecular weight excluding hydrogens is 458 g/mol. The molecule has 2 heterocycles. The highest BCUT2D eigenvalue weighted by atomic mass is 16.5. The van der Waals surface area contributed by atoms with Crippen LogP contribution in [-0.4, -0.2) is 84.8 Å². The lowest BCUT2D eigenvalue weighted by atomic mass is 9.84. The van der Waals surface area contributed by atoms with Crippen LogP contribution in [0.5, 0.6) is 11.5 Å². The smallest absolute Gasteiger partial charge is 0.242 e. The molecule has 0 bridgehead atoms. The van der Waals surface area contributed by atoms with Gasteiger partial charge in [-0.2, -0.15) is 0 Å². The van der Waals surface area contributed by atoms with E-state index in [-0.39, 0.29) is 30.3 Å². The molecule has 0 spiro atoms. The van der Waals surface area contributed by atoms with Gasteiger partial charge in [0.2, 0.25) is 11.8 Å². The Morgan fingerprint density at radius 2 is 1.81 bits per heavy atom. The second-order valence-electron chi connectivity index (χ2n) is 9.75. The minimum Gasteiger partial charge on any atom is -0.497 e. The molecular formula is C27H37N5O4. The van der Waals surface area contributed by atoms with Crippen LogP contribution in [0.2, 0.25) is 0 Å². The maximum Gasteiger partial charge on any atom is 0.242 e. The third kappa shape index (κ3) is 5.71. The summed E-state index contributed by atoms with van der Waals surface area (Å²) in [6.07, 6.45) is 3.83. The Morgan fingerprint density at radius 1 is 1.00 bits per heavy atom. The van der Waals surface area contributed by atoms with Crippen LogP contribution in [0.3, 0.4) is 0 Å². The fourth-order valence-electron chi connectivity index (χ4n) is 4.69. The van der Waals surface area contributed by atoms with Crippen molar-refractivity contribution >= 4 is 17.6 Å². The lowest BCUT2D eigenvalue weighted by molar-refractivity contribution is -0.146. The van der Waals surface area contributed by atoms with Crippen LogP contribution < -0.4 is 14.4 Å². The zero-order valence-electron chi connectivity index (χ0n) is 21.8. The number of benzene rings is 1. The van der Waals surface area contributed by atoms with Gasteiger partial charge in [0.05, 0.1) is 26.5 Å². The molecule has 0 unspecified atom stereocenters. The quantitative estimate of drug-likeness (QED) is 0.556. The van der Waals surface area contributed by atoms with E-state index in [1.165, 1.54) is 0 Å². The number of aromatic nitrogens is 2. The Labute approximate surface area is 213 Å². The Morgan fingerprint density at radius 3 is 2.42 bits per heavy atom. The lowest BCUT2D eigenvalue weighted by Crippen LogP contribution is -2.49. The normalized spacial score (nSPS) is 16.4. The van der Waals surface area contributed by atoms with Crippen LogP contribution >= 0.6 is 0 Å². The van der Waals surface area contributed by atoms with Crippen molar-refractivity contribution in [2.24, 2.45) is 5.92 Å². The first-order valence-electron chi connectivity index (χ1n) is 12.8. The summed E-state index contributed by atoms with van der Waals surface area (Å²) in [6.45, 7) is 6.86. The Balaban J connectivity index is 1.38. The molecule has 0 N–H and O–H groups in total. The number of carbonyl (C=O) groups excluding carboxylic acids is 2. The molecule has 194 valence electrons. The average molecular weight is 496 g/mol. The van der Waals surface area contributed by atoms with E-state index in [1.54, 1.807) is 19.1 Å². The molecule has 0 atom stereocenters. The summed E-state index contributed by atoms with van der Waals surface area (Å²) in [5.74, 6) is 2.42. The van der Waals surface area contributed by atoms with Crippen molar-refractivity contribution in [2.45, 2.75) is 45.6 Å². The van der Waals surface area contributed by atoms with Crippen molar-refractivity contribution in [1.82, 2.24) is 20.0 Å². The van der Waals surface area contributed by atoms with E-state index < -0.39 is 0 Å². The van der Waals surface area contributed by atoms with Gasteiger partial charge in [0.15, 0.2) is 5.82 Å². The second kappa shape index (κ2) is 11.6. The van der Waals surface area contributed by atoms with Gasteiger partial charge in [-0.3, -0.25) is 9.59 Å². The molecule has 2 fully saturated rings. The Kier molecular flexibility index (Phi) is 8.28. The number of hydrogen-bond donors (Lipinski definition) is 0. The SMILES string of the molecule is COc1ccc(-c2ccc(N3CCCN(C(=O)CN(C(=O)C4CCC4)C(C)C)CC3)nn2)c(OC)c1. The molecule has 1 aliphatic carbocycles. The van der Waals surface area contributed by atoms with E-state index in [0.717, 1.165) is 49.3 Å². The molecule has 0 radical (unpaired) electrons. The van der Waals surface area contributed by atoms with Crippen molar-refractivity contribution in [3.05, 3.63) is 30.3 Å². The highest BCUT2D eigenvalue weighted by Gasteiger charge is 2.32. The molecule has 36 heavy (non-hydrogen) atoms. The monoisotopic (exact) mass is 495 g/mol. The standard InChI is InChI=1S/C27H37N5O4/c1-19(2)32(27(34)20-7-5-8-20)18-26(33)31-14-6-13-30(15-16-31)25-12-11-23(28-29-25)22-10-9-21(35-3)17-24(22)36-4/h9-12,17,19-20H,5-8,13-16,18H2,1-4H3. The van der Waals surface area contributed by atoms with Crippen LogP contribution in [0.25, 0.3) is 11.3 Å². The zero-order chi connectivity index (χ0) is 25.7. The summed E-state index contributed by atoms with van der Waals surface area (Å²) in [5.41, 5.74) is 1.56. The van der Waals surface area contributed by atoms with E-state index in [0.29, 0.717) is 31.1 Å².